The number of imidazole rings is 1. The molecule has 6 rings (SSSR count). The van der Waals surface area contributed by atoms with Gasteiger partial charge in [-0.25, -0.2) is 4.98 Å². The number of amides is 1. The van der Waals surface area contributed by atoms with Crippen LogP contribution in [0.3, 0.4) is 0 Å². The predicted octanol–water partition coefficient (Wildman–Crippen LogP) is 6.15. The van der Waals surface area contributed by atoms with Crippen molar-refractivity contribution in [2.45, 2.75) is 27.0 Å². The average molecular weight is 575 g/mol. The molecule has 1 fully saturated rings. The van der Waals surface area contributed by atoms with Crippen molar-refractivity contribution in [3.63, 3.8) is 0 Å². The lowest BCUT2D eigenvalue weighted by molar-refractivity contribution is -0.138. The molecule has 2 aromatic heterocycles. The van der Waals surface area contributed by atoms with Crippen molar-refractivity contribution in [1.29, 1.82) is 0 Å². The predicted molar refractivity (Wildman–Crippen MR) is 170 cm³/mol. The van der Waals surface area contributed by atoms with Gasteiger partial charge < -0.3 is 18.8 Å². The second kappa shape index (κ2) is 12.8. The van der Waals surface area contributed by atoms with Gasteiger partial charge in [0.15, 0.2) is 0 Å². The molecule has 1 amide bonds. The van der Waals surface area contributed by atoms with E-state index in [1.807, 2.05) is 53.4 Å². The van der Waals surface area contributed by atoms with Crippen LogP contribution < -0.4 is 4.74 Å². The number of piperazine rings is 1. The molecule has 43 heavy (non-hydrogen) atoms. The number of ether oxygens (including phenoxy) is 2. The molecule has 3 heterocycles. The number of methoxy groups -OCH3 is 1. The highest BCUT2D eigenvalue weighted by molar-refractivity contribution is 5.77. The molecule has 3 aromatic carbocycles. The topological polar surface area (TPSA) is 59.3 Å². The fourth-order valence-corrected chi connectivity index (χ4v) is 5.74. The Morgan fingerprint density at radius 1 is 0.860 bits per heavy atom. The fourth-order valence-electron chi connectivity index (χ4n) is 5.74. The van der Waals surface area contributed by atoms with E-state index in [4.69, 9.17) is 14.5 Å². The van der Waals surface area contributed by atoms with Gasteiger partial charge in [0.2, 0.25) is 5.91 Å². The summed E-state index contributed by atoms with van der Waals surface area (Å²) in [6.45, 7) is 8.46. The van der Waals surface area contributed by atoms with Crippen molar-refractivity contribution in [2.75, 3.05) is 39.9 Å². The third-order valence-electron chi connectivity index (χ3n) is 8.20. The lowest BCUT2D eigenvalue weighted by Crippen LogP contribution is -2.49. The summed E-state index contributed by atoms with van der Waals surface area (Å²) in [6.07, 6.45) is 2.22. The number of nitrogens with zero attached hydrogens (tertiary/aromatic N) is 4. The molecule has 1 saturated heterocycles. The number of hydrogen-bond donors (Lipinski definition) is 0. The van der Waals surface area contributed by atoms with Crippen LogP contribution in [0.25, 0.3) is 28.0 Å². The Morgan fingerprint density at radius 3 is 2.47 bits per heavy atom. The lowest BCUT2D eigenvalue weighted by Gasteiger charge is -2.34. The Morgan fingerprint density at radius 2 is 1.67 bits per heavy atom. The smallest absolute Gasteiger partial charge is 0.248 e. The SMILES string of the molecule is COc1cccc(-c2nc3ccc(-c4cc(C)ccc4C)cn3c2CN2CCN(C(=O)COCc3ccccc3)CC2)c1. The summed E-state index contributed by atoms with van der Waals surface area (Å²) in [5.74, 6) is 0.846. The Balaban J connectivity index is 1.22. The average Bonchev–Trinajstić information content (AvgIpc) is 3.40. The molecule has 1 aliphatic heterocycles. The normalized spacial score (nSPS) is 13.9. The number of benzene rings is 3. The van der Waals surface area contributed by atoms with Gasteiger partial charge in [0, 0.05) is 44.5 Å². The minimum atomic E-state index is 0.0422. The second-order valence-corrected chi connectivity index (χ2v) is 11.2. The molecular weight excluding hydrogens is 536 g/mol. The standard InChI is InChI=1S/C36H38N4O3/c1-26-12-13-27(2)32(20-26)30-14-15-34-37-36(29-10-7-11-31(21-29)42-3)33(40(34)22-30)23-38-16-18-39(19-17-38)35(41)25-43-24-28-8-5-4-6-9-28/h4-15,20-22H,16-19,23-25H2,1-3H3. The van der Waals surface area contributed by atoms with E-state index in [1.165, 1.54) is 16.7 Å². The molecule has 0 aliphatic carbocycles. The Bertz CT molecular complexity index is 1720. The fraction of sp³-hybridized carbons (Fsp3) is 0.278. The molecule has 0 spiro atoms. The quantitative estimate of drug-likeness (QED) is 0.211. The molecule has 0 unspecified atom stereocenters. The van der Waals surface area contributed by atoms with Gasteiger partial charge in [-0.15, -0.1) is 0 Å². The first kappa shape index (κ1) is 28.6. The maximum absolute atomic E-state index is 12.9. The maximum atomic E-state index is 12.9. The summed E-state index contributed by atoms with van der Waals surface area (Å²) in [5, 5.41) is 0. The van der Waals surface area contributed by atoms with E-state index in [9.17, 15) is 4.79 Å². The van der Waals surface area contributed by atoms with Crippen LogP contribution in [0.1, 0.15) is 22.4 Å². The van der Waals surface area contributed by atoms with Crippen molar-refractivity contribution in [2.24, 2.45) is 0 Å². The molecule has 0 saturated carbocycles. The highest BCUT2D eigenvalue weighted by atomic mass is 16.5. The van der Waals surface area contributed by atoms with Gasteiger partial charge in [-0.3, -0.25) is 9.69 Å². The second-order valence-electron chi connectivity index (χ2n) is 11.2. The first-order chi connectivity index (χ1) is 21.0. The van der Waals surface area contributed by atoms with Gasteiger partial charge in [-0.2, -0.15) is 0 Å². The summed E-state index contributed by atoms with van der Waals surface area (Å²) in [5.41, 5.74) is 9.95. The van der Waals surface area contributed by atoms with E-state index in [-0.39, 0.29) is 12.5 Å². The first-order valence-electron chi connectivity index (χ1n) is 14.8. The van der Waals surface area contributed by atoms with Crippen LogP contribution in [-0.2, 0) is 22.7 Å². The van der Waals surface area contributed by atoms with Gasteiger partial charge in [0.25, 0.3) is 0 Å². The summed E-state index contributed by atoms with van der Waals surface area (Å²) in [4.78, 5) is 22.3. The largest absolute Gasteiger partial charge is 0.497 e. The van der Waals surface area contributed by atoms with Crippen LogP contribution in [0.4, 0.5) is 0 Å². The summed E-state index contributed by atoms with van der Waals surface area (Å²) in [6, 6.07) is 28.9. The zero-order chi connectivity index (χ0) is 29.8. The van der Waals surface area contributed by atoms with Crippen molar-refractivity contribution < 1.29 is 14.3 Å². The number of fused-ring (bicyclic) bond motifs is 1. The van der Waals surface area contributed by atoms with Gasteiger partial charge >= 0.3 is 0 Å². The van der Waals surface area contributed by atoms with Crippen molar-refractivity contribution in [3.05, 3.63) is 114 Å². The Kier molecular flexibility index (Phi) is 8.54. The third kappa shape index (κ3) is 6.48. The minimum Gasteiger partial charge on any atom is -0.497 e. The van der Waals surface area contributed by atoms with Gasteiger partial charge in [0.05, 0.1) is 25.1 Å². The maximum Gasteiger partial charge on any atom is 0.248 e. The van der Waals surface area contributed by atoms with Crippen molar-refractivity contribution >= 4 is 11.6 Å². The first-order valence-corrected chi connectivity index (χ1v) is 14.8. The Labute approximate surface area is 253 Å². The van der Waals surface area contributed by atoms with Crippen LogP contribution in [-0.4, -0.2) is 65.0 Å². The van der Waals surface area contributed by atoms with Gasteiger partial charge in [-0.05, 0) is 60.4 Å². The van der Waals surface area contributed by atoms with E-state index in [1.54, 1.807) is 7.11 Å². The molecule has 5 aromatic rings. The van der Waals surface area contributed by atoms with E-state index < -0.39 is 0 Å². The number of rotatable bonds is 9. The molecule has 0 atom stereocenters. The Hall–Kier alpha value is -4.46. The summed E-state index contributed by atoms with van der Waals surface area (Å²) >= 11 is 0. The molecule has 0 bridgehead atoms. The van der Waals surface area contributed by atoms with Crippen LogP contribution in [0.2, 0.25) is 0 Å². The van der Waals surface area contributed by atoms with Crippen molar-refractivity contribution in [1.82, 2.24) is 19.2 Å². The summed E-state index contributed by atoms with van der Waals surface area (Å²) < 4.78 is 13.5. The number of aromatic nitrogens is 2. The highest BCUT2D eigenvalue weighted by Crippen LogP contribution is 2.31. The van der Waals surface area contributed by atoms with Crippen LogP contribution in [0.5, 0.6) is 5.75 Å². The molecule has 0 N–H and O–H groups in total. The lowest BCUT2D eigenvalue weighted by atomic mass is 10.00. The van der Waals surface area contributed by atoms with Gasteiger partial charge in [0.1, 0.15) is 18.0 Å². The number of carbonyl (C=O) groups is 1. The van der Waals surface area contributed by atoms with E-state index in [0.29, 0.717) is 19.7 Å². The zero-order valence-electron chi connectivity index (χ0n) is 25.1. The number of pyridine rings is 1. The molecule has 7 nitrogen and oxygen atoms in total. The number of carbonyl (C=O) groups excluding carboxylic acids is 1. The van der Waals surface area contributed by atoms with E-state index in [2.05, 4.69) is 65.7 Å². The molecule has 0 radical (unpaired) electrons. The number of aryl methyl sites for hydroxylation is 2. The highest BCUT2D eigenvalue weighted by Gasteiger charge is 2.24. The van der Waals surface area contributed by atoms with Crippen LogP contribution >= 0.6 is 0 Å². The minimum absolute atomic E-state index is 0.0422. The van der Waals surface area contributed by atoms with Crippen molar-refractivity contribution in [3.8, 4) is 28.1 Å². The van der Waals surface area contributed by atoms with E-state index in [0.717, 1.165) is 59.1 Å². The molecule has 1 aliphatic rings. The van der Waals surface area contributed by atoms with E-state index >= 15 is 0 Å². The molecule has 220 valence electrons. The van der Waals surface area contributed by atoms with Crippen LogP contribution in [0.15, 0.2) is 91.1 Å². The number of hydrogen-bond acceptors (Lipinski definition) is 5. The van der Waals surface area contributed by atoms with Gasteiger partial charge in [-0.1, -0.05) is 66.2 Å². The molecule has 7 heteroatoms. The monoisotopic (exact) mass is 574 g/mol. The third-order valence-corrected chi connectivity index (χ3v) is 8.20. The molecular formula is C36H38N4O3. The zero-order valence-corrected chi connectivity index (χ0v) is 25.1. The van der Waals surface area contributed by atoms with Crippen LogP contribution in [0, 0.1) is 13.8 Å². The summed E-state index contributed by atoms with van der Waals surface area (Å²) in [7, 11) is 1.69.